The fourth-order valence-corrected chi connectivity index (χ4v) is 3.84. The Morgan fingerprint density at radius 3 is 2.36 bits per heavy atom. The minimum Gasteiger partial charge on any atom is -0.480 e. The number of hydrogen-bond acceptors (Lipinski definition) is 6. The van der Waals surface area contributed by atoms with Gasteiger partial charge in [-0.25, -0.2) is 4.79 Å². The van der Waals surface area contributed by atoms with Crippen molar-refractivity contribution in [3.8, 4) is 0 Å². The van der Waals surface area contributed by atoms with Crippen LogP contribution in [-0.4, -0.2) is 57.5 Å². The predicted molar refractivity (Wildman–Crippen MR) is 102 cm³/mol. The topological polar surface area (TPSA) is 119 Å². The number of carbonyl (C=O) groups is 2. The van der Waals surface area contributed by atoms with Crippen LogP contribution >= 0.6 is 0 Å². The maximum atomic E-state index is 13.0. The first-order valence-electron chi connectivity index (χ1n) is 9.10. The molecule has 0 aromatic heterocycles. The van der Waals surface area contributed by atoms with Crippen LogP contribution in [0.25, 0.3) is 0 Å². The Morgan fingerprint density at radius 2 is 1.86 bits per heavy atom. The first kappa shape index (κ1) is 22.3. The highest BCUT2D eigenvalue weighted by Gasteiger charge is 2.44. The maximum absolute atomic E-state index is 13.0. The summed E-state index contributed by atoms with van der Waals surface area (Å²) in [5.74, 6) is -1.66. The largest absolute Gasteiger partial charge is 0.480 e. The zero-order valence-electron chi connectivity index (χ0n) is 16.1. The number of nitrogens with one attached hydrogen (secondary N) is 1. The Labute approximate surface area is 165 Å². The number of rotatable bonds is 9. The van der Waals surface area contributed by atoms with Crippen LogP contribution in [0.5, 0.6) is 0 Å². The molecule has 2 rings (SSSR count). The van der Waals surface area contributed by atoms with Gasteiger partial charge in [-0.05, 0) is 31.2 Å². The molecule has 0 heterocycles. The predicted octanol–water partition coefficient (Wildman–Crippen LogP) is 1.35. The highest BCUT2D eigenvalue weighted by molar-refractivity contribution is 7.85. The van der Waals surface area contributed by atoms with E-state index in [9.17, 15) is 23.1 Å². The number of hydrogen-bond donors (Lipinski definition) is 2. The van der Waals surface area contributed by atoms with E-state index in [0.717, 1.165) is 11.8 Å². The number of carboxylic acids is 1. The Hall–Kier alpha value is -1.97. The van der Waals surface area contributed by atoms with Crippen molar-refractivity contribution in [3.05, 3.63) is 35.9 Å². The molecule has 1 unspecified atom stereocenters. The summed E-state index contributed by atoms with van der Waals surface area (Å²) in [5, 5.41) is 12.1. The third kappa shape index (κ3) is 6.29. The second kappa shape index (κ2) is 9.49. The van der Waals surface area contributed by atoms with Gasteiger partial charge in [0.15, 0.2) is 0 Å². The molecule has 1 aliphatic rings. The molecule has 156 valence electrons. The van der Waals surface area contributed by atoms with Crippen molar-refractivity contribution in [2.45, 2.75) is 44.2 Å². The number of carbonyl (C=O) groups excluding carboxylic acids is 1. The van der Waals surface area contributed by atoms with Crippen molar-refractivity contribution in [2.24, 2.45) is 5.41 Å². The number of aliphatic carboxylic acids is 1. The molecule has 0 aliphatic heterocycles. The van der Waals surface area contributed by atoms with Crippen molar-refractivity contribution in [3.63, 3.8) is 0 Å². The van der Waals surface area contributed by atoms with E-state index >= 15 is 0 Å². The van der Waals surface area contributed by atoms with Crippen LogP contribution in [0.15, 0.2) is 30.3 Å². The highest BCUT2D eigenvalue weighted by atomic mass is 32.2. The van der Waals surface area contributed by atoms with Crippen LogP contribution in [-0.2, 0) is 35.0 Å². The lowest BCUT2D eigenvalue weighted by Gasteiger charge is -2.38. The summed E-state index contributed by atoms with van der Waals surface area (Å²) in [6, 6.07) is 7.87. The summed E-state index contributed by atoms with van der Waals surface area (Å²) in [6.45, 7) is -0.314. The molecule has 1 aliphatic carbocycles. The lowest BCUT2D eigenvalue weighted by Crippen LogP contribution is -2.53. The van der Waals surface area contributed by atoms with Crippen molar-refractivity contribution in [2.75, 3.05) is 20.0 Å². The molecule has 1 fully saturated rings. The fraction of sp³-hybridized carbons (Fsp3) is 0.579. The van der Waals surface area contributed by atoms with Gasteiger partial charge in [0.2, 0.25) is 5.91 Å². The average Bonchev–Trinajstić information content (AvgIpc) is 2.66. The summed E-state index contributed by atoms with van der Waals surface area (Å²) in [4.78, 5) is 24.7. The van der Waals surface area contributed by atoms with Crippen molar-refractivity contribution < 1.29 is 32.0 Å². The van der Waals surface area contributed by atoms with Crippen molar-refractivity contribution in [1.82, 2.24) is 5.32 Å². The van der Waals surface area contributed by atoms with E-state index in [4.69, 9.17) is 8.92 Å². The molecule has 28 heavy (non-hydrogen) atoms. The minimum absolute atomic E-state index is 0.0150. The van der Waals surface area contributed by atoms with Gasteiger partial charge < -0.3 is 15.2 Å². The van der Waals surface area contributed by atoms with E-state index < -0.39 is 33.5 Å². The summed E-state index contributed by atoms with van der Waals surface area (Å²) >= 11 is 0. The van der Waals surface area contributed by atoms with Gasteiger partial charge in [-0.1, -0.05) is 30.3 Å². The van der Waals surface area contributed by atoms with Gasteiger partial charge in [0.1, 0.15) is 6.04 Å². The van der Waals surface area contributed by atoms with E-state index in [-0.39, 0.29) is 19.1 Å². The third-order valence-corrected chi connectivity index (χ3v) is 5.69. The normalized spacial score (nSPS) is 23.7. The van der Waals surface area contributed by atoms with Gasteiger partial charge in [0.05, 0.1) is 24.4 Å². The molecule has 1 aromatic carbocycles. The zero-order chi connectivity index (χ0) is 20.8. The maximum Gasteiger partial charge on any atom is 0.326 e. The molecule has 2 N–H and O–H groups in total. The molecule has 0 bridgehead atoms. The SMILES string of the molecule is COC1CCC(COS(C)(=O)=O)(C(=O)NC(Cc2ccccc2)C(=O)O)CC1. The van der Waals surface area contributed by atoms with E-state index in [1.54, 1.807) is 31.4 Å². The average molecular weight is 413 g/mol. The molecule has 1 amide bonds. The molecule has 1 aromatic rings. The number of amides is 1. The molecule has 1 saturated carbocycles. The summed E-state index contributed by atoms with van der Waals surface area (Å²) in [5.41, 5.74) is -0.331. The summed E-state index contributed by atoms with van der Waals surface area (Å²) < 4.78 is 33.2. The van der Waals surface area contributed by atoms with Crippen molar-refractivity contribution >= 4 is 22.0 Å². The van der Waals surface area contributed by atoms with Gasteiger partial charge in [-0.2, -0.15) is 8.42 Å². The first-order chi connectivity index (χ1) is 13.1. The van der Waals surface area contributed by atoms with Gasteiger partial charge in [0.25, 0.3) is 10.1 Å². The van der Waals surface area contributed by atoms with Gasteiger partial charge in [-0.3, -0.25) is 8.98 Å². The molecule has 0 radical (unpaired) electrons. The van der Waals surface area contributed by atoms with Gasteiger partial charge in [0, 0.05) is 13.5 Å². The molecule has 0 spiro atoms. The summed E-state index contributed by atoms with van der Waals surface area (Å²) in [6.07, 6.45) is 2.87. The van der Waals surface area contributed by atoms with Crippen LogP contribution in [0.3, 0.4) is 0 Å². The molecule has 9 heteroatoms. The Balaban J connectivity index is 2.16. The Morgan fingerprint density at radius 1 is 1.25 bits per heavy atom. The number of carboxylic acid groups (broad SMARTS) is 1. The smallest absolute Gasteiger partial charge is 0.326 e. The van der Waals surface area contributed by atoms with E-state index in [1.165, 1.54) is 0 Å². The standard InChI is InChI=1S/C19H27NO7S/c1-26-15-8-10-19(11-9-15,13-27-28(2,24)25)18(23)20-16(17(21)22)12-14-6-4-3-5-7-14/h3-7,15-16H,8-13H2,1-2H3,(H,20,23)(H,21,22). The highest BCUT2D eigenvalue weighted by Crippen LogP contribution is 2.38. The molecule has 1 atom stereocenters. The minimum atomic E-state index is -3.74. The van der Waals surface area contributed by atoms with Gasteiger partial charge >= 0.3 is 5.97 Å². The number of ether oxygens (including phenoxy) is 1. The van der Waals surface area contributed by atoms with Crippen LogP contribution in [0, 0.1) is 5.41 Å². The number of benzene rings is 1. The van der Waals surface area contributed by atoms with E-state index in [2.05, 4.69) is 5.32 Å². The summed E-state index contributed by atoms with van der Waals surface area (Å²) in [7, 11) is -2.15. The Bertz CT molecular complexity index is 771. The zero-order valence-corrected chi connectivity index (χ0v) is 16.9. The van der Waals surface area contributed by atoms with Crippen LogP contribution in [0.1, 0.15) is 31.2 Å². The second-order valence-corrected chi connectivity index (χ2v) is 8.88. The molecule has 0 saturated heterocycles. The van der Waals surface area contributed by atoms with E-state index in [1.807, 2.05) is 6.07 Å². The quantitative estimate of drug-likeness (QED) is 0.587. The fourth-order valence-electron chi connectivity index (χ4n) is 3.40. The van der Waals surface area contributed by atoms with Crippen molar-refractivity contribution in [1.29, 1.82) is 0 Å². The third-order valence-electron chi connectivity index (χ3n) is 5.14. The van der Waals surface area contributed by atoms with E-state index in [0.29, 0.717) is 25.7 Å². The lowest BCUT2D eigenvalue weighted by atomic mass is 9.72. The lowest BCUT2D eigenvalue weighted by molar-refractivity contribution is -0.146. The monoisotopic (exact) mass is 413 g/mol. The Kier molecular flexibility index (Phi) is 7.56. The first-order valence-corrected chi connectivity index (χ1v) is 10.9. The van der Waals surface area contributed by atoms with Crippen LogP contribution in [0.4, 0.5) is 0 Å². The van der Waals surface area contributed by atoms with Crippen LogP contribution in [0.2, 0.25) is 0 Å². The molecule has 8 nitrogen and oxygen atoms in total. The molecular weight excluding hydrogens is 386 g/mol. The second-order valence-electron chi connectivity index (χ2n) is 7.24. The number of methoxy groups -OCH3 is 1. The van der Waals surface area contributed by atoms with Crippen LogP contribution < -0.4 is 5.32 Å². The molecular formula is C19H27NO7S. The van der Waals surface area contributed by atoms with Gasteiger partial charge in [-0.15, -0.1) is 0 Å².